The molecule has 2 aromatic carbocycles. The number of hydrogen-bond donors (Lipinski definition) is 0. The third-order valence-electron chi connectivity index (χ3n) is 4.86. The van der Waals surface area contributed by atoms with E-state index in [9.17, 15) is 17.6 Å². The third-order valence-corrected chi connectivity index (χ3v) is 7.05. The predicted molar refractivity (Wildman–Crippen MR) is 98.1 cm³/mol. The van der Waals surface area contributed by atoms with E-state index in [1.54, 1.807) is 54.3 Å². The molecule has 1 atom stereocenters. The topological polar surface area (TPSA) is 54.5 Å². The minimum absolute atomic E-state index is 0.0576. The Bertz CT molecular complexity index is 897. The Labute approximate surface area is 153 Å². The van der Waals surface area contributed by atoms with Gasteiger partial charge in [-0.15, -0.1) is 0 Å². The van der Waals surface area contributed by atoms with Crippen molar-refractivity contribution in [3.63, 3.8) is 0 Å². The first-order chi connectivity index (χ1) is 12.4. The lowest BCUT2D eigenvalue weighted by Gasteiger charge is -2.17. The maximum atomic E-state index is 13.3. The van der Waals surface area contributed by atoms with Crippen LogP contribution in [0.3, 0.4) is 0 Å². The molecular formula is C20H22FNO3S. The molecule has 138 valence electrons. The number of amides is 1. The van der Waals surface area contributed by atoms with Crippen LogP contribution in [0.25, 0.3) is 0 Å². The van der Waals surface area contributed by atoms with E-state index >= 15 is 0 Å². The number of sulfone groups is 1. The van der Waals surface area contributed by atoms with Gasteiger partial charge in [0.05, 0.1) is 10.1 Å². The van der Waals surface area contributed by atoms with Gasteiger partial charge in [-0.1, -0.05) is 30.3 Å². The summed E-state index contributed by atoms with van der Waals surface area (Å²) in [5.74, 6) is -0.314. The number of carbonyl (C=O) groups is 1. The standard InChI is InChI=1S/C20H22FNO3S/c1-15-13-16(7-9-19(15)21)8-10-20(23)22-12-11-18(14-22)26(24,25)17-5-3-2-4-6-17/h2-7,9,13,18H,8,10-12,14H2,1H3. The van der Waals surface area contributed by atoms with Gasteiger partial charge in [-0.3, -0.25) is 4.79 Å². The molecule has 0 N–H and O–H groups in total. The maximum absolute atomic E-state index is 13.3. The average Bonchev–Trinajstić information content (AvgIpc) is 3.14. The van der Waals surface area contributed by atoms with Crippen molar-refractivity contribution in [1.82, 2.24) is 4.90 Å². The summed E-state index contributed by atoms with van der Waals surface area (Å²) in [7, 11) is -3.42. The highest BCUT2D eigenvalue weighted by atomic mass is 32.2. The summed E-state index contributed by atoms with van der Waals surface area (Å²) in [5.41, 5.74) is 1.47. The Kier molecular flexibility index (Phi) is 5.41. The fourth-order valence-corrected chi connectivity index (χ4v) is 5.00. The minimum atomic E-state index is -3.42. The largest absolute Gasteiger partial charge is 0.341 e. The molecule has 0 radical (unpaired) electrons. The normalized spacial score (nSPS) is 17.5. The first-order valence-electron chi connectivity index (χ1n) is 8.69. The van der Waals surface area contributed by atoms with E-state index in [0.29, 0.717) is 36.3 Å². The van der Waals surface area contributed by atoms with Gasteiger partial charge in [-0.25, -0.2) is 12.8 Å². The molecule has 3 rings (SSSR count). The van der Waals surface area contributed by atoms with E-state index < -0.39 is 15.1 Å². The predicted octanol–water partition coefficient (Wildman–Crippen LogP) is 3.14. The van der Waals surface area contributed by atoms with Gasteiger partial charge in [-0.2, -0.15) is 0 Å². The minimum Gasteiger partial charge on any atom is -0.341 e. The Morgan fingerprint density at radius 3 is 2.62 bits per heavy atom. The molecule has 6 heteroatoms. The number of benzene rings is 2. The van der Waals surface area contributed by atoms with Gasteiger partial charge in [0.15, 0.2) is 9.84 Å². The zero-order chi connectivity index (χ0) is 18.7. The van der Waals surface area contributed by atoms with Gasteiger partial charge in [0, 0.05) is 19.5 Å². The number of nitrogens with zero attached hydrogens (tertiary/aromatic N) is 1. The third kappa shape index (κ3) is 3.96. The van der Waals surface area contributed by atoms with E-state index in [-0.39, 0.29) is 18.3 Å². The van der Waals surface area contributed by atoms with Crippen molar-refractivity contribution in [3.8, 4) is 0 Å². The zero-order valence-electron chi connectivity index (χ0n) is 14.7. The highest BCUT2D eigenvalue weighted by molar-refractivity contribution is 7.92. The molecule has 0 aromatic heterocycles. The van der Waals surface area contributed by atoms with Gasteiger partial charge in [-0.05, 0) is 49.1 Å². The lowest BCUT2D eigenvalue weighted by atomic mass is 10.1. The molecule has 0 saturated carbocycles. The van der Waals surface area contributed by atoms with E-state index in [1.165, 1.54) is 6.07 Å². The molecule has 26 heavy (non-hydrogen) atoms. The van der Waals surface area contributed by atoms with Crippen molar-refractivity contribution >= 4 is 15.7 Å². The average molecular weight is 375 g/mol. The summed E-state index contributed by atoms with van der Waals surface area (Å²) >= 11 is 0. The number of halogens is 1. The first kappa shape index (κ1) is 18.6. The molecule has 1 amide bonds. The van der Waals surface area contributed by atoms with Gasteiger partial charge in [0.1, 0.15) is 5.82 Å². The molecule has 1 aliphatic heterocycles. The smallest absolute Gasteiger partial charge is 0.222 e. The summed E-state index contributed by atoms with van der Waals surface area (Å²) in [6.45, 7) is 2.39. The van der Waals surface area contributed by atoms with Crippen molar-refractivity contribution in [3.05, 3.63) is 65.5 Å². The molecule has 2 aromatic rings. The van der Waals surface area contributed by atoms with Crippen molar-refractivity contribution in [1.29, 1.82) is 0 Å². The van der Waals surface area contributed by atoms with Gasteiger partial charge < -0.3 is 4.90 Å². The van der Waals surface area contributed by atoms with Crippen LogP contribution in [0.1, 0.15) is 24.0 Å². The van der Waals surface area contributed by atoms with Crippen LogP contribution in [-0.4, -0.2) is 37.6 Å². The van der Waals surface area contributed by atoms with Crippen LogP contribution in [0.2, 0.25) is 0 Å². The Balaban J connectivity index is 1.59. The second-order valence-corrected chi connectivity index (χ2v) is 8.92. The van der Waals surface area contributed by atoms with E-state index in [1.807, 2.05) is 0 Å². The van der Waals surface area contributed by atoms with Crippen LogP contribution in [0.4, 0.5) is 4.39 Å². The summed E-state index contributed by atoms with van der Waals surface area (Å²) in [4.78, 5) is 14.4. The summed E-state index contributed by atoms with van der Waals surface area (Å²) < 4.78 is 38.7. The fourth-order valence-electron chi connectivity index (χ4n) is 3.28. The van der Waals surface area contributed by atoms with Gasteiger partial charge in [0.2, 0.25) is 5.91 Å². The molecule has 1 heterocycles. The van der Waals surface area contributed by atoms with E-state index in [2.05, 4.69) is 0 Å². The second kappa shape index (κ2) is 7.58. The molecule has 1 fully saturated rings. The Morgan fingerprint density at radius 2 is 1.92 bits per heavy atom. The number of carbonyl (C=O) groups excluding carboxylic acids is 1. The maximum Gasteiger partial charge on any atom is 0.222 e. The zero-order valence-corrected chi connectivity index (χ0v) is 15.5. The second-order valence-electron chi connectivity index (χ2n) is 6.69. The monoisotopic (exact) mass is 375 g/mol. The lowest BCUT2D eigenvalue weighted by Crippen LogP contribution is -2.32. The molecular weight excluding hydrogens is 353 g/mol. The Morgan fingerprint density at radius 1 is 1.19 bits per heavy atom. The number of rotatable bonds is 5. The highest BCUT2D eigenvalue weighted by Gasteiger charge is 2.35. The highest BCUT2D eigenvalue weighted by Crippen LogP contribution is 2.24. The number of likely N-dealkylation sites (tertiary alicyclic amines) is 1. The summed E-state index contributed by atoms with van der Waals surface area (Å²) in [6.07, 6.45) is 1.27. The Hall–Kier alpha value is -2.21. The lowest BCUT2D eigenvalue weighted by molar-refractivity contribution is -0.130. The molecule has 1 unspecified atom stereocenters. The molecule has 1 saturated heterocycles. The SMILES string of the molecule is Cc1cc(CCC(=O)N2CCC(S(=O)(=O)c3ccccc3)C2)ccc1F. The van der Waals surface area contributed by atoms with Crippen molar-refractivity contribution in [2.45, 2.75) is 36.3 Å². The number of aryl methyl sites for hydroxylation is 2. The molecule has 1 aliphatic rings. The molecule has 4 nitrogen and oxygen atoms in total. The first-order valence-corrected chi connectivity index (χ1v) is 10.2. The van der Waals surface area contributed by atoms with Crippen molar-refractivity contribution < 1.29 is 17.6 Å². The number of hydrogen-bond acceptors (Lipinski definition) is 3. The van der Waals surface area contributed by atoms with Crippen LogP contribution >= 0.6 is 0 Å². The van der Waals surface area contributed by atoms with Crippen molar-refractivity contribution in [2.75, 3.05) is 13.1 Å². The van der Waals surface area contributed by atoms with Gasteiger partial charge in [0.25, 0.3) is 0 Å². The van der Waals surface area contributed by atoms with Gasteiger partial charge >= 0.3 is 0 Å². The fraction of sp³-hybridized carbons (Fsp3) is 0.350. The quantitative estimate of drug-likeness (QED) is 0.807. The van der Waals surface area contributed by atoms with Crippen LogP contribution in [0.15, 0.2) is 53.4 Å². The molecule has 0 bridgehead atoms. The summed E-state index contributed by atoms with van der Waals surface area (Å²) in [5, 5.41) is -0.554. The van der Waals surface area contributed by atoms with E-state index in [4.69, 9.17) is 0 Å². The van der Waals surface area contributed by atoms with E-state index in [0.717, 1.165) is 5.56 Å². The van der Waals surface area contributed by atoms with Crippen LogP contribution < -0.4 is 0 Å². The van der Waals surface area contributed by atoms with Crippen LogP contribution in [0.5, 0.6) is 0 Å². The molecule has 0 aliphatic carbocycles. The van der Waals surface area contributed by atoms with Crippen LogP contribution in [0, 0.1) is 12.7 Å². The van der Waals surface area contributed by atoms with Crippen molar-refractivity contribution in [2.24, 2.45) is 0 Å². The summed E-state index contributed by atoms with van der Waals surface area (Å²) in [6, 6.07) is 13.2. The molecule has 0 spiro atoms. The van der Waals surface area contributed by atoms with Crippen LogP contribution in [-0.2, 0) is 21.1 Å².